The quantitative estimate of drug-likeness (QED) is 0.585. The molecule has 3 N–H and O–H groups in total. The standard InChI is InChI=1S/C23H29N3O3/c1-16(2)15-29-20-8-6-7-19(13-20)25-21(27)14-24-18-11-9-17(10-12-18)22(28)26-23(3,4)5/h6-13,24H,1,14-15H2,2-5H3,(H,25,27)(H,26,28). The molecule has 2 aromatic rings. The number of carbonyl (C=O) groups is 2. The SMILES string of the molecule is C=C(C)COc1cccc(NC(=O)CNc2ccc(C(=O)NC(C)(C)C)cc2)c1. The summed E-state index contributed by atoms with van der Waals surface area (Å²) in [7, 11) is 0. The van der Waals surface area contributed by atoms with E-state index in [0.717, 1.165) is 11.3 Å². The molecule has 0 fully saturated rings. The predicted octanol–water partition coefficient (Wildman–Crippen LogP) is 4.22. The van der Waals surface area contributed by atoms with E-state index in [1.165, 1.54) is 0 Å². The largest absolute Gasteiger partial charge is 0.489 e. The summed E-state index contributed by atoms with van der Waals surface area (Å²) in [5.74, 6) is 0.357. The molecular weight excluding hydrogens is 366 g/mol. The molecule has 0 aliphatic carbocycles. The number of amides is 2. The van der Waals surface area contributed by atoms with Crippen LogP contribution in [-0.2, 0) is 4.79 Å². The Hall–Kier alpha value is -3.28. The van der Waals surface area contributed by atoms with Crippen LogP contribution in [0.25, 0.3) is 0 Å². The van der Waals surface area contributed by atoms with Crippen molar-refractivity contribution in [1.29, 1.82) is 0 Å². The third-order valence-corrected chi connectivity index (χ3v) is 3.69. The Balaban J connectivity index is 1.85. The van der Waals surface area contributed by atoms with Crippen molar-refractivity contribution in [2.45, 2.75) is 33.2 Å². The minimum absolute atomic E-state index is 0.102. The van der Waals surface area contributed by atoms with Gasteiger partial charge in [0.2, 0.25) is 5.91 Å². The topological polar surface area (TPSA) is 79.5 Å². The zero-order valence-electron chi connectivity index (χ0n) is 17.5. The van der Waals surface area contributed by atoms with Crippen LogP contribution in [0, 0.1) is 0 Å². The molecule has 2 amide bonds. The Labute approximate surface area is 172 Å². The highest BCUT2D eigenvalue weighted by Gasteiger charge is 2.15. The highest BCUT2D eigenvalue weighted by molar-refractivity contribution is 5.95. The number of rotatable bonds is 8. The highest BCUT2D eigenvalue weighted by atomic mass is 16.5. The highest BCUT2D eigenvalue weighted by Crippen LogP contribution is 2.18. The molecule has 0 radical (unpaired) electrons. The lowest BCUT2D eigenvalue weighted by Gasteiger charge is -2.20. The lowest BCUT2D eigenvalue weighted by atomic mass is 10.1. The van der Waals surface area contributed by atoms with Crippen molar-refractivity contribution >= 4 is 23.2 Å². The molecule has 0 spiro atoms. The average Bonchev–Trinajstić information content (AvgIpc) is 2.64. The van der Waals surface area contributed by atoms with Crippen LogP contribution in [0.4, 0.5) is 11.4 Å². The van der Waals surface area contributed by atoms with Crippen molar-refractivity contribution in [3.63, 3.8) is 0 Å². The normalized spacial score (nSPS) is 10.8. The Bertz CT molecular complexity index is 868. The van der Waals surface area contributed by atoms with Crippen LogP contribution in [-0.4, -0.2) is 30.5 Å². The monoisotopic (exact) mass is 395 g/mol. The van der Waals surface area contributed by atoms with E-state index in [1.54, 1.807) is 36.4 Å². The van der Waals surface area contributed by atoms with Gasteiger partial charge in [-0.25, -0.2) is 0 Å². The summed E-state index contributed by atoms with van der Waals surface area (Å²) in [4.78, 5) is 24.3. The van der Waals surface area contributed by atoms with E-state index in [9.17, 15) is 9.59 Å². The van der Waals surface area contributed by atoms with Crippen LogP contribution in [0.15, 0.2) is 60.7 Å². The number of carbonyl (C=O) groups excluding carboxylic acids is 2. The fraction of sp³-hybridized carbons (Fsp3) is 0.304. The molecule has 0 aliphatic rings. The number of hydrogen-bond acceptors (Lipinski definition) is 4. The van der Waals surface area contributed by atoms with Crippen molar-refractivity contribution < 1.29 is 14.3 Å². The number of benzene rings is 2. The van der Waals surface area contributed by atoms with E-state index >= 15 is 0 Å². The number of anilines is 2. The molecule has 0 aromatic heterocycles. The van der Waals surface area contributed by atoms with Crippen molar-refractivity contribution in [1.82, 2.24) is 5.32 Å². The Morgan fingerprint density at radius 3 is 2.34 bits per heavy atom. The maximum absolute atomic E-state index is 12.2. The van der Waals surface area contributed by atoms with E-state index in [0.29, 0.717) is 23.6 Å². The zero-order chi connectivity index (χ0) is 21.4. The second kappa shape index (κ2) is 9.78. The Morgan fingerprint density at radius 1 is 1.03 bits per heavy atom. The molecule has 29 heavy (non-hydrogen) atoms. The molecule has 0 atom stereocenters. The minimum Gasteiger partial charge on any atom is -0.489 e. The fourth-order valence-corrected chi connectivity index (χ4v) is 2.41. The van der Waals surface area contributed by atoms with Crippen molar-refractivity contribution in [3.05, 3.63) is 66.2 Å². The molecule has 6 nitrogen and oxygen atoms in total. The van der Waals surface area contributed by atoms with E-state index in [4.69, 9.17) is 4.74 Å². The first-order valence-corrected chi connectivity index (χ1v) is 9.46. The molecule has 154 valence electrons. The lowest BCUT2D eigenvalue weighted by Crippen LogP contribution is -2.40. The van der Waals surface area contributed by atoms with Crippen LogP contribution in [0.3, 0.4) is 0 Å². The summed E-state index contributed by atoms with van der Waals surface area (Å²) in [6.07, 6.45) is 0. The number of hydrogen-bond donors (Lipinski definition) is 3. The van der Waals surface area contributed by atoms with Crippen molar-refractivity contribution in [2.24, 2.45) is 0 Å². The molecule has 0 unspecified atom stereocenters. The minimum atomic E-state index is -0.293. The van der Waals surface area contributed by atoms with E-state index in [-0.39, 0.29) is 23.9 Å². The predicted molar refractivity (Wildman–Crippen MR) is 118 cm³/mol. The first-order chi connectivity index (χ1) is 13.6. The summed E-state index contributed by atoms with van der Waals surface area (Å²) < 4.78 is 5.58. The van der Waals surface area contributed by atoms with Crippen LogP contribution < -0.4 is 20.7 Å². The summed E-state index contributed by atoms with van der Waals surface area (Å²) in [6.45, 7) is 12.0. The Morgan fingerprint density at radius 2 is 1.72 bits per heavy atom. The van der Waals surface area contributed by atoms with Gasteiger partial charge in [0.25, 0.3) is 5.91 Å². The molecule has 0 bridgehead atoms. The average molecular weight is 396 g/mol. The summed E-state index contributed by atoms with van der Waals surface area (Å²) in [5, 5.41) is 8.79. The molecule has 6 heteroatoms. The molecule has 0 saturated carbocycles. The molecule has 0 saturated heterocycles. The second-order valence-electron chi connectivity index (χ2n) is 7.96. The lowest BCUT2D eigenvalue weighted by molar-refractivity contribution is -0.114. The smallest absolute Gasteiger partial charge is 0.251 e. The van der Waals surface area contributed by atoms with Gasteiger partial charge in [0.1, 0.15) is 12.4 Å². The van der Waals surface area contributed by atoms with Crippen LogP contribution >= 0.6 is 0 Å². The third-order valence-electron chi connectivity index (χ3n) is 3.69. The van der Waals surface area contributed by atoms with E-state index < -0.39 is 0 Å². The van der Waals surface area contributed by atoms with Crippen molar-refractivity contribution in [3.8, 4) is 5.75 Å². The second-order valence-corrected chi connectivity index (χ2v) is 7.96. The van der Waals surface area contributed by atoms with E-state index in [2.05, 4.69) is 22.5 Å². The van der Waals surface area contributed by atoms with Gasteiger partial charge in [0, 0.05) is 28.5 Å². The zero-order valence-corrected chi connectivity index (χ0v) is 17.5. The first-order valence-electron chi connectivity index (χ1n) is 9.46. The number of ether oxygens (including phenoxy) is 1. The first kappa shape index (κ1) is 22.0. The van der Waals surface area contributed by atoms with Gasteiger partial charge in [-0.2, -0.15) is 0 Å². The van der Waals surface area contributed by atoms with Gasteiger partial charge in [-0.15, -0.1) is 0 Å². The fourth-order valence-electron chi connectivity index (χ4n) is 2.41. The van der Waals surface area contributed by atoms with Gasteiger partial charge in [0.05, 0.1) is 6.54 Å². The van der Waals surface area contributed by atoms with Gasteiger partial charge in [0.15, 0.2) is 0 Å². The van der Waals surface area contributed by atoms with Gasteiger partial charge in [-0.05, 0) is 69.7 Å². The van der Waals surface area contributed by atoms with Crippen LogP contribution in [0.5, 0.6) is 5.75 Å². The molecule has 2 aromatic carbocycles. The van der Waals surface area contributed by atoms with Gasteiger partial charge in [-0.3, -0.25) is 9.59 Å². The molecule has 0 aliphatic heterocycles. The van der Waals surface area contributed by atoms with E-state index in [1.807, 2.05) is 39.8 Å². The molecule has 0 heterocycles. The third kappa shape index (κ3) is 8.09. The van der Waals surface area contributed by atoms with Crippen LogP contribution in [0.1, 0.15) is 38.1 Å². The van der Waals surface area contributed by atoms with Gasteiger partial charge < -0.3 is 20.7 Å². The van der Waals surface area contributed by atoms with Gasteiger partial charge >= 0.3 is 0 Å². The summed E-state index contributed by atoms with van der Waals surface area (Å²) in [5.41, 5.74) is 2.61. The van der Waals surface area contributed by atoms with Gasteiger partial charge in [-0.1, -0.05) is 12.6 Å². The summed E-state index contributed by atoms with van der Waals surface area (Å²) >= 11 is 0. The Kier molecular flexibility index (Phi) is 7.42. The van der Waals surface area contributed by atoms with Crippen LogP contribution in [0.2, 0.25) is 0 Å². The summed E-state index contributed by atoms with van der Waals surface area (Å²) in [6, 6.07) is 14.2. The van der Waals surface area contributed by atoms with Crippen molar-refractivity contribution in [2.75, 3.05) is 23.8 Å². The maximum atomic E-state index is 12.2. The maximum Gasteiger partial charge on any atom is 0.251 e. The molecule has 2 rings (SSSR count). The molecular formula is C23H29N3O3. The number of nitrogens with one attached hydrogen (secondary N) is 3.